The van der Waals surface area contributed by atoms with Crippen molar-refractivity contribution in [2.75, 3.05) is 18.4 Å². The van der Waals surface area contributed by atoms with E-state index in [1.807, 2.05) is 32.0 Å². The van der Waals surface area contributed by atoms with E-state index in [9.17, 15) is 4.79 Å². The van der Waals surface area contributed by atoms with Crippen molar-refractivity contribution >= 4 is 22.4 Å². The molecule has 1 aliphatic heterocycles. The number of carbonyl (C=O) groups excluding carboxylic acids is 1. The quantitative estimate of drug-likeness (QED) is 0.903. The fourth-order valence-corrected chi connectivity index (χ4v) is 3.73. The van der Waals surface area contributed by atoms with Crippen molar-refractivity contribution in [2.24, 2.45) is 5.92 Å². The number of hydrogen-bond donors (Lipinski definition) is 1. The number of aromatic nitrogens is 1. The second-order valence-corrected chi connectivity index (χ2v) is 7.73. The van der Waals surface area contributed by atoms with E-state index in [0.717, 1.165) is 47.9 Å². The van der Waals surface area contributed by atoms with Gasteiger partial charge >= 0.3 is 0 Å². The topological polar surface area (TPSA) is 45.2 Å². The Bertz CT molecular complexity index is 717. The zero-order chi connectivity index (χ0) is 17.1. The molecule has 1 aromatic carbocycles. The van der Waals surface area contributed by atoms with Gasteiger partial charge in [0.2, 0.25) is 0 Å². The Morgan fingerprint density at radius 2 is 2.08 bits per heavy atom. The van der Waals surface area contributed by atoms with E-state index in [4.69, 9.17) is 0 Å². The van der Waals surface area contributed by atoms with Crippen LogP contribution in [0.2, 0.25) is 0 Å². The number of carbonyl (C=O) groups is 1. The molecule has 1 amide bonds. The number of piperidine rings is 1. The first kappa shape index (κ1) is 17.1. The van der Waals surface area contributed by atoms with Crippen molar-refractivity contribution in [2.45, 2.75) is 40.2 Å². The van der Waals surface area contributed by atoms with Gasteiger partial charge in [-0.2, -0.15) is 0 Å². The van der Waals surface area contributed by atoms with Crippen molar-refractivity contribution < 1.29 is 4.79 Å². The van der Waals surface area contributed by atoms with Gasteiger partial charge in [-0.05, 0) is 57.3 Å². The maximum Gasteiger partial charge on any atom is 0.257 e. The normalized spacial score (nSPS) is 16.3. The van der Waals surface area contributed by atoms with Gasteiger partial charge in [0.05, 0.1) is 5.69 Å². The maximum absolute atomic E-state index is 12.5. The van der Waals surface area contributed by atoms with Crippen molar-refractivity contribution in [3.63, 3.8) is 0 Å². The highest BCUT2D eigenvalue weighted by Gasteiger charge is 2.17. The zero-order valence-corrected chi connectivity index (χ0v) is 15.4. The third kappa shape index (κ3) is 4.22. The number of nitrogens with one attached hydrogen (secondary N) is 1. The van der Waals surface area contributed by atoms with Gasteiger partial charge in [-0.3, -0.25) is 15.0 Å². The second kappa shape index (κ2) is 7.45. The number of rotatable bonds is 4. The van der Waals surface area contributed by atoms with Crippen LogP contribution in [0, 0.1) is 19.8 Å². The highest BCUT2D eigenvalue weighted by molar-refractivity contribution is 7.13. The molecule has 1 fully saturated rings. The summed E-state index contributed by atoms with van der Waals surface area (Å²) in [4.78, 5) is 19.5. The van der Waals surface area contributed by atoms with E-state index in [-0.39, 0.29) is 5.91 Å². The van der Waals surface area contributed by atoms with Gasteiger partial charge in [-0.15, -0.1) is 11.3 Å². The molecule has 2 heterocycles. The number of hydrogen-bond acceptors (Lipinski definition) is 4. The van der Waals surface area contributed by atoms with Gasteiger partial charge in [0.25, 0.3) is 5.91 Å². The summed E-state index contributed by atoms with van der Waals surface area (Å²) in [5, 5.41) is 5.67. The smallest absolute Gasteiger partial charge is 0.257 e. The molecule has 2 aromatic rings. The van der Waals surface area contributed by atoms with Crippen molar-refractivity contribution in [3.05, 3.63) is 46.0 Å². The third-order valence-corrected chi connectivity index (χ3v) is 5.48. The number of likely N-dealkylation sites (tertiary alicyclic amines) is 1. The van der Waals surface area contributed by atoms with Gasteiger partial charge in [-0.25, -0.2) is 4.98 Å². The third-order valence-electron chi connectivity index (χ3n) is 4.67. The molecular formula is C19H25N3OS. The van der Waals surface area contributed by atoms with Gasteiger partial charge in [0, 0.05) is 17.5 Å². The first-order valence-electron chi connectivity index (χ1n) is 8.56. The van der Waals surface area contributed by atoms with E-state index in [0.29, 0.717) is 5.13 Å². The van der Waals surface area contributed by atoms with Gasteiger partial charge in [-0.1, -0.05) is 24.6 Å². The molecule has 0 bridgehead atoms. The van der Waals surface area contributed by atoms with Crippen LogP contribution in [-0.4, -0.2) is 28.9 Å². The summed E-state index contributed by atoms with van der Waals surface area (Å²) >= 11 is 1.50. The Kier molecular flexibility index (Phi) is 5.31. The van der Waals surface area contributed by atoms with Crippen LogP contribution in [0.1, 0.15) is 46.9 Å². The van der Waals surface area contributed by atoms with Gasteiger partial charge in [0.15, 0.2) is 5.13 Å². The van der Waals surface area contributed by atoms with Crippen LogP contribution in [0.5, 0.6) is 0 Å². The monoisotopic (exact) mass is 343 g/mol. The van der Waals surface area contributed by atoms with Crippen molar-refractivity contribution in [1.82, 2.24) is 9.88 Å². The van der Waals surface area contributed by atoms with Crippen LogP contribution in [0.15, 0.2) is 23.6 Å². The summed E-state index contributed by atoms with van der Waals surface area (Å²) in [6, 6.07) is 5.93. The molecule has 1 aliphatic rings. The van der Waals surface area contributed by atoms with E-state index < -0.39 is 0 Å². The van der Waals surface area contributed by atoms with Crippen LogP contribution in [0.4, 0.5) is 5.13 Å². The number of nitrogens with zero attached hydrogens (tertiary/aromatic N) is 2. The molecule has 0 atom stereocenters. The Labute approximate surface area is 147 Å². The Hall–Kier alpha value is -1.72. The summed E-state index contributed by atoms with van der Waals surface area (Å²) in [5.74, 6) is 0.757. The Balaban J connectivity index is 1.61. The molecule has 128 valence electrons. The minimum Gasteiger partial charge on any atom is -0.298 e. The standard InChI is InChI=1S/C19H25N3OS/c1-13-6-8-22(9-7-13)11-16-12-24-19(20-16)21-18(23)17-10-14(2)4-5-15(17)3/h4-5,10,12-13H,6-9,11H2,1-3H3,(H,20,21,23). The molecule has 1 saturated heterocycles. The zero-order valence-electron chi connectivity index (χ0n) is 14.6. The molecule has 0 saturated carbocycles. The lowest BCUT2D eigenvalue weighted by molar-refractivity contribution is 0.102. The lowest BCUT2D eigenvalue weighted by atomic mass is 9.99. The maximum atomic E-state index is 12.5. The summed E-state index contributed by atoms with van der Waals surface area (Å²) in [6.07, 6.45) is 2.53. The summed E-state index contributed by atoms with van der Waals surface area (Å²) in [6.45, 7) is 9.44. The molecule has 0 aliphatic carbocycles. The highest BCUT2D eigenvalue weighted by Crippen LogP contribution is 2.22. The number of anilines is 1. The van der Waals surface area contributed by atoms with Crippen LogP contribution in [0.3, 0.4) is 0 Å². The number of benzene rings is 1. The van der Waals surface area contributed by atoms with E-state index in [1.165, 1.54) is 24.2 Å². The molecule has 24 heavy (non-hydrogen) atoms. The minimum absolute atomic E-state index is 0.0797. The first-order chi connectivity index (χ1) is 11.5. The molecule has 5 heteroatoms. The number of aryl methyl sites for hydroxylation is 2. The second-order valence-electron chi connectivity index (χ2n) is 6.88. The minimum atomic E-state index is -0.0797. The van der Waals surface area contributed by atoms with Crippen molar-refractivity contribution in [1.29, 1.82) is 0 Å². The van der Waals surface area contributed by atoms with Crippen molar-refractivity contribution in [3.8, 4) is 0 Å². The molecule has 0 unspecified atom stereocenters. The molecule has 0 radical (unpaired) electrons. The van der Waals surface area contributed by atoms with Crippen LogP contribution >= 0.6 is 11.3 Å². The van der Waals surface area contributed by atoms with E-state index >= 15 is 0 Å². The van der Waals surface area contributed by atoms with Gasteiger partial charge in [0.1, 0.15) is 0 Å². The Morgan fingerprint density at radius 1 is 1.33 bits per heavy atom. The first-order valence-corrected chi connectivity index (χ1v) is 9.44. The largest absolute Gasteiger partial charge is 0.298 e. The average molecular weight is 343 g/mol. The fourth-order valence-electron chi connectivity index (χ4n) is 3.03. The SMILES string of the molecule is Cc1ccc(C)c(C(=O)Nc2nc(CN3CCC(C)CC3)cs2)c1. The fraction of sp³-hybridized carbons (Fsp3) is 0.474. The summed E-state index contributed by atoms with van der Waals surface area (Å²) in [7, 11) is 0. The Morgan fingerprint density at radius 3 is 2.83 bits per heavy atom. The molecule has 1 aromatic heterocycles. The van der Waals surface area contributed by atoms with Crippen LogP contribution in [-0.2, 0) is 6.54 Å². The summed E-state index contributed by atoms with van der Waals surface area (Å²) < 4.78 is 0. The van der Waals surface area contributed by atoms with Gasteiger partial charge < -0.3 is 0 Å². The molecule has 4 nitrogen and oxygen atoms in total. The predicted molar refractivity (Wildman–Crippen MR) is 99.7 cm³/mol. The van der Waals surface area contributed by atoms with E-state index in [2.05, 4.69) is 27.5 Å². The molecular weight excluding hydrogens is 318 g/mol. The average Bonchev–Trinajstić information content (AvgIpc) is 2.99. The molecule has 3 rings (SSSR count). The number of amides is 1. The highest BCUT2D eigenvalue weighted by atomic mass is 32.1. The molecule has 1 N–H and O–H groups in total. The lowest BCUT2D eigenvalue weighted by Gasteiger charge is -2.29. The number of thiazole rings is 1. The van der Waals surface area contributed by atoms with Crippen LogP contribution in [0.25, 0.3) is 0 Å². The lowest BCUT2D eigenvalue weighted by Crippen LogP contribution is -2.32. The summed E-state index contributed by atoms with van der Waals surface area (Å²) in [5.41, 5.74) is 3.84. The van der Waals surface area contributed by atoms with E-state index in [1.54, 1.807) is 0 Å². The van der Waals surface area contributed by atoms with Crippen LogP contribution < -0.4 is 5.32 Å². The molecule has 0 spiro atoms. The predicted octanol–water partition coefficient (Wildman–Crippen LogP) is 4.24.